The first-order chi connectivity index (χ1) is 20.3. The zero-order valence-corrected chi connectivity index (χ0v) is 24.6. The summed E-state index contributed by atoms with van der Waals surface area (Å²) in [5.41, 5.74) is -0.107. The second-order valence-corrected chi connectivity index (χ2v) is 12.3. The van der Waals surface area contributed by atoms with Crippen molar-refractivity contribution in [2.45, 2.75) is 83.5 Å². The Hall–Kier alpha value is -3.38. The highest BCUT2D eigenvalue weighted by Crippen LogP contribution is 2.52. The van der Waals surface area contributed by atoms with Crippen molar-refractivity contribution >= 4 is 11.9 Å². The quantitative estimate of drug-likeness (QED) is 0.459. The standard InChI is InChI=1S/C31H37F3N2O7/c1-30(2,3)22-24(29(38)39)36(28(37)21-10-5-6-12-41-21)23(20-9-7-8-17-11-13-42-25(17)20)26(22)43-16-18-14-19(31(32,33)34)15-35-27(18)40-4/h7-9,14-15,21-24,26H,5-6,10-13,16H2,1-4H3,(H,38,39)/t21-,22+,23-,24-,26-/m0/s1. The normalized spacial score (nSPS) is 25.7. The predicted octanol–water partition coefficient (Wildman–Crippen LogP) is 5.20. The molecule has 234 valence electrons. The number of alkyl halides is 3. The van der Waals surface area contributed by atoms with E-state index >= 15 is 0 Å². The molecule has 9 nitrogen and oxygen atoms in total. The third-order valence-corrected chi connectivity index (χ3v) is 8.51. The molecule has 2 aromatic rings. The average Bonchev–Trinajstić information content (AvgIpc) is 3.58. The highest BCUT2D eigenvalue weighted by molar-refractivity contribution is 5.88. The van der Waals surface area contributed by atoms with Crippen LogP contribution in [0, 0.1) is 11.3 Å². The van der Waals surface area contributed by atoms with Crippen LogP contribution in [-0.4, -0.2) is 65.4 Å². The fourth-order valence-electron chi connectivity index (χ4n) is 6.62. The monoisotopic (exact) mass is 606 g/mol. The van der Waals surface area contributed by atoms with Gasteiger partial charge in [0.25, 0.3) is 5.91 Å². The lowest BCUT2D eigenvalue weighted by Gasteiger charge is -2.35. The van der Waals surface area contributed by atoms with Crippen molar-refractivity contribution in [1.82, 2.24) is 9.88 Å². The van der Waals surface area contributed by atoms with Crippen LogP contribution in [0.15, 0.2) is 30.5 Å². The molecule has 0 saturated carbocycles. The van der Waals surface area contributed by atoms with Crippen molar-refractivity contribution in [3.8, 4) is 11.6 Å². The lowest BCUT2D eigenvalue weighted by Crippen LogP contribution is -2.51. The molecule has 1 N–H and O–H groups in total. The Morgan fingerprint density at radius 3 is 2.56 bits per heavy atom. The van der Waals surface area contributed by atoms with Crippen LogP contribution in [0.3, 0.4) is 0 Å². The topological polar surface area (TPSA) is 107 Å². The summed E-state index contributed by atoms with van der Waals surface area (Å²) in [6.45, 7) is 6.06. The molecule has 3 aliphatic heterocycles. The van der Waals surface area contributed by atoms with E-state index in [2.05, 4.69) is 4.98 Å². The second-order valence-electron chi connectivity index (χ2n) is 12.3. The van der Waals surface area contributed by atoms with Gasteiger partial charge in [0.2, 0.25) is 5.88 Å². The molecule has 1 aromatic carbocycles. The van der Waals surface area contributed by atoms with Crippen LogP contribution in [0.5, 0.6) is 11.6 Å². The van der Waals surface area contributed by atoms with Gasteiger partial charge < -0.3 is 29.0 Å². The molecule has 5 atom stereocenters. The number of amides is 1. The lowest BCUT2D eigenvalue weighted by molar-refractivity contribution is -0.159. The third-order valence-electron chi connectivity index (χ3n) is 8.51. The Morgan fingerprint density at radius 1 is 1.16 bits per heavy atom. The molecule has 0 bridgehead atoms. The summed E-state index contributed by atoms with van der Waals surface area (Å²) in [5, 5.41) is 10.7. The number of carboxylic acid groups (broad SMARTS) is 1. The maximum atomic E-state index is 14.2. The molecule has 0 unspecified atom stereocenters. The van der Waals surface area contributed by atoms with E-state index in [-0.39, 0.29) is 18.1 Å². The van der Waals surface area contributed by atoms with Gasteiger partial charge in [-0.3, -0.25) is 4.79 Å². The van der Waals surface area contributed by atoms with Crippen molar-refractivity contribution in [1.29, 1.82) is 0 Å². The number of rotatable bonds is 7. The number of likely N-dealkylation sites (tertiary alicyclic amines) is 1. The number of aliphatic carboxylic acids is 1. The summed E-state index contributed by atoms with van der Waals surface area (Å²) < 4.78 is 64.3. The van der Waals surface area contributed by atoms with Crippen LogP contribution in [0.4, 0.5) is 13.2 Å². The van der Waals surface area contributed by atoms with Gasteiger partial charge in [0.1, 0.15) is 17.9 Å². The van der Waals surface area contributed by atoms with Crippen LogP contribution in [-0.2, 0) is 38.3 Å². The Morgan fingerprint density at radius 2 is 1.93 bits per heavy atom. The van der Waals surface area contributed by atoms with Crippen molar-refractivity contribution in [2.75, 3.05) is 20.3 Å². The number of halogens is 3. The molecule has 3 aliphatic rings. The van der Waals surface area contributed by atoms with Crippen LogP contribution in [0.2, 0.25) is 0 Å². The van der Waals surface area contributed by atoms with Gasteiger partial charge >= 0.3 is 12.1 Å². The Labute approximate surface area is 248 Å². The summed E-state index contributed by atoms with van der Waals surface area (Å²) in [4.78, 5) is 32.5. The number of para-hydroxylation sites is 1. The molecule has 5 rings (SSSR count). The molecule has 2 saturated heterocycles. The van der Waals surface area contributed by atoms with Crippen molar-refractivity contribution in [3.05, 3.63) is 52.7 Å². The zero-order chi connectivity index (χ0) is 31.1. The maximum absolute atomic E-state index is 14.2. The van der Waals surface area contributed by atoms with Gasteiger partial charge in [0, 0.05) is 36.3 Å². The summed E-state index contributed by atoms with van der Waals surface area (Å²) >= 11 is 0. The van der Waals surface area contributed by atoms with E-state index in [1.807, 2.05) is 32.9 Å². The van der Waals surface area contributed by atoms with Gasteiger partial charge in [-0.2, -0.15) is 13.2 Å². The van der Waals surface area contributed by atoms with E-state index in [1.165, 1.54) is 12.0 Å². The van der Waals surface area contributed by atoms with E-state index in [9.17, 15) is 27.9 Å². The average molecular weight is 607 g/mol. The molecule has 1 amide bonds. The molecule has 2 fully saturated rings. The van der Waals surface area contributed by atoms with Crippen LogP contribution in [0.25, 0.3) is 0 Å². The van der Waals surface area contributed by atoms with Crippen LogP contribution < -0.4 is 9.47 Å². The van der Waals surface area contributed by atoms with Gasteiger partial charge in [-0.05, 0) is 36.3 Å². The highest BCUT2D eigenvalue weighted by Gasteiger charge is 2.60. The number of hydrogen-bond acceptors (Lipinski definition) is 7. The number of nitrogens with zero attached hydrogens (tertiary/aromatic N) is 2. The maximum Gasteiger partial charge on any atom is 0.417 e. The smallest absolute Gasteiger partial charge is 0.417 e. The summed E-state index contributed by atoms with van der Waals surface area (Å²) in [6.07, 6.45) is -3.03. The first kappa shape index (κ1) is 31.1. The van der Waals surface area contributed by atoms with Crippen molar-refractivity contribution in [2.24, 2.45) is 11.3 Å². The number of carbonyl (C=O) groups is 2. The van der Waals surface area contributed by atoms with Crippen molar-refractivity contribution < 1.29 is 46.8 Å². The SMILES string of the molecule is COc1ncc(C(F)(F)F)cc1CO[C@H]1[C@H](C(C)(C)C)[C@@H](C(=O)O)N(C(=O)[C@@H]2CCCCO2)[C@H]1c1cccc2c1OCC2. The van der Waals surface area contributed by atoms with Gasteiger partial charge in [-0.15, -0.1) is 0 Å². The fraction of sp³-hybridized carbons (Fsp3) is 0.581. The van der Waals surface area contributed by atoms with Gasteiger partial charge in [0.15, 0.2) is 0 Å². The first-order valence-corrected chi connectivity index (χ1v) is 14.5. The minimum Gasteiger partial charge on any atom is -0.493 e. The number of carboxylic acids is 1. The van der Waals surface area contributed by atoms with Gasteiger partial charge in [0.05, 0.1) is 38.0 Å². The number of carbonyl (C=O) groups excluding carboxylic acids is 1. The fourth-order valence-corrected chi connectivity index (χ4v) is 6.62. The molecule has 0 spiro atoms. The largest absolute Gasteiger partial charge is 0.493 e. The lowest BCUT2D eigenvalue weighted by atomic mass is 9.73. The Kier molecular flexibility index (Phi) is 8.63. The molecule has 43 heavy (non-hydrogen) atoms. The second kappa shape index (κ2) is 12.0. The minimum absolute atomic E-state index is 0.0443. The minimum atomic E-state index is -4.64. The van der Waals surface area contributed by atoms with Crippen LogP contribution >= 0.6 is 0 Å². The molecular formula is C31H37F3N2O7. The molecule has 0 aliphatic carbocycles. The summed E-state index contributed by atoms with van der Waals surface area (Å²) in [7, 11) is 1.30. The summed E-state index contributed by atoms with van der Waals surface area (Å²) in [6, 6.07) is 4.25. The van der Waals surface area contributed by atoms with E-state index in [0.29, 0.717) is 43.6 Å². The zero-order valence-electron chi connectivity index (χ0n) is 24.6. The Bertz CT molecular complexity index is 1350. The van der Waals surface area contributed by atoms with E-state index in [4.69, 9.17) is 18.9 Å². The van der Waals surface area contributed by atoms with Crippen LogP contribution in [0.1, 0.15) is 68.3 Å². The third kappa shape index (κ3) is 6.04. The van der Waals surface area contributed by atoms with Crippen molar-refractivity contribution in [3.63, 3.8) is 0 Å². The van der Waals surface area contributed by atoms with E-state index in [1.54, 1.807) is 6.07 Å². The van der Waals surface area contributed by atoms with E-state index in [0.717, 1.165) is 24.5 Å². The molecular weight excluding hydrogens is 569 g/mol. The number of hydrogen-bond donors (Lipinski definition) is 1. The molecule has 1 aromatic heterocycles. The predicted molar refractivity (Wildman–Crippen MR) is 148 cm³/mol. The number of benzene rings is 1. The number of aromatic nitrogens is 1. The number of methoxy groups -OCH3 is 1. The summed E-state index contributed by atoms with van der Waals surface area (Å²) in [5.74, 6) is -1.89. The molecule has 0 radical (unpaired) electrons. The first-order valence-electron chi connectivity index (χ1n) is 14.5. The number of fused-ring (bicyclic) bond motifs is 1. The van der Waals surface area contributed by atoms with Gasteiger partial charge in [-0.25, -0.2) is 9.78 Å². The number of pyridine rings is 1. The highest BCUT2D eigenvalue weighted by atomic mass is 19.4. The Balaban J connectivity index is 1.64. The van der Waals surface area contributed by atoms with E-state index < -0.39 is 59.2 Å². The molecule has 4 heterocycles. The number of ether oxygens (including phenoxy) is 4. The molecule has 12 heteroatoms. The van der Waals surface area contributed by atoms with Gasteiger partial charge in [-0.1, -0.05) is 39.0 Å².